The fourth-order valence-electron chi connectivity index (χ4n) is 3.51. The molecule has 3 fully saturated rings. The number of methoxy groups -OCH3 is 1. The number of hydrogen-bond acceptors (Lipinski definition) is 6. The van der Waals surface area contributed by atoms with Gasteiger partial charge in [-0.2, -0.15) is 0 Å². The third-order valence-electron chi connectivity index (χ3n) is 5.14. The lowest BCUT2D eigenvalue weighted by Crippen LogP contribution is -2.39. The fourth-order valence-corrected chi connectivity index (χ4v) is 3.51. The number of nitrogens with zero attached hydrogens (tertiary/aromatic N) is 1. The zero-order chi connectivity index (χ0) is 17.4. The third kappa shape index (κ3) is 2.98. The minimum absolute atomic E-state index is 0.0492. The molecule has 7 heteroatoms. The van der Waals surface area contributed by atoms with Crippen molar-refractivity contribution in [3.8, 4) is 0 Å². The first-order chi connectivity index (χ1) is 12.1. The Labute approximate surface area is 145 Å². The molecule has 1 saturated carbocycles. The summed E-state index contributed by atoms with van der Waals surface area (Å²) >= 11 is 0. The van der Waals surface area contributed by atoms with E-state index in [1.807, 2.05) is 12.2 Å². The highest BCUT2D eigenvalue weighted by Crippen LogP contribution is 2.46. The second-order valence-electron chi connectivity index (χ2n) is 6.71. The van der Waals surface area contributed by atoms with E-state index in [9.17, 15) is 9.59 Å². The van der Waals surface area contributed by atoms with E-state index in [1.54, 1.807) is 13.2 Å². The minimum Gasteiger partial charge on any atom is -0.501 e. The molecule has 4 aliphatic rings. The van der Waals surface area contributed by atoms with Crippen molar-refractivity contribution in [1.29, 1.82) is 0 Å². The maximum atomic E-state index is 12.5. The predicted octanol–water partition coefficient (Wildman–Crippen LogP) is 1.90. The Hall–Kier alpha value is -2.12. The number of cyclic esters (lactones) is 1. The number of carbonyl (C=O) groups is 2. The van der Waals surface area contributed by atoms with E-state index in [4.69, 9.17) is 18.9 Å². The van der Waals surface area contributed by atoms with Crippen molar-refractivity contribution in [2.75, 3.05) is 26.9 Å². The molecule has 134 valence electrons. The molecular formula is C18H21NO6. The molecule has 0 aromatic carbocycles. The van der Waals surface area contributed by atoms with Gasteiger partial charge in [-0.3, -0.25) is 4.79 Å². The van der Waals surface area contributed by atoms with Gasteiger partial charge in [0, 0.05) is 18.4 Å². The van der Waals surface area contributed by atoms with Gasteiger partial charge in [0.2, 0.25) is 0 Å². The molecule has 1 unspecified atom stereocenters. The van der Waals surface area contributed by atoms with E-state index in [2.05, 4.69) is 0 Å². The zero-order valence-electron chi connectivity index (χ0n) is 14.1. The van der Waals surface area contributed by atoms with Crippen molar-refractivity contribution in [3.05, 3.63) is 35.6 Å². The summed E-state index contributed by atoms with van der Waals surface area (Å²) in [6.45, 7) is 1.43. The van der Waals surface area contributed by atoms with Gasteiger partial charge in [0.25, 0.3) is 5.91 Å². The summed E-state index contributed by atoms with van der Waals surface area (Å²) in [5.74, 6) is 0.453. The van der Waals surface area contributed by atoms with E-state index >= 15 is 0 Å². The molecule has 0 N–H and O–H groups in total. The lowest BCUT2D eigenvalue weighted by atomic mass is 9.89. The first-order valence-corrected chi connectivity index (χ1v) is 8.50. The van der Waals surface area contributed by atoms with E-state index in [0.29, 0.717) is 26.2 Å². The van der Waals surface area contributed by atoms with Gasteiger partial charge in [0.1, 0.15) is 6.61 Å². The Morgan fingerprint density at radius 2 is 2.08 bits per heavy atom. The quantitative estimate of drug-likeness (QED) is 0.723. The molecule has 1 atom stereocenters. The van der Waals surface area contributed by atoms with Crippen LogP contribution in [0.25, 0.3) is 0 Å². The fraction of sp³-hybridized carbons (Fsp3) is 0.556. The molecule has 7 nitrogen and oxygen atoms in total. The maximum Gasteiger partial charge on any atom is 0.417 e. The first-order valence-electron chi connectivity index (χ1n) is 8.50. The summed E-state index contributed by atoms with van der Waals surface area (Å²) in [5, 5.41) is 0. The Morgan fingerprint density at radius 3 is 2.76 bits per heavy atom. The molecule has 2 saturated heterocycles. The highest BCUT2D eigenvalue weighted by atomic mass is 16.7. The summed E-state index contributed by atoms with van der Waals surface area (Å²) in [5.41, 5.74) is 0.512. The van der Waals surface area contributed by atoms with Crippen molar-refractivity contribution in [2.24, 2.45) is 5.92 Å². The molecule has 2 heterocycles. The SMILES string of the molecule is COC1=CC=C(/C=C/C(=O)N2C(=O)OCC23CC3)C(C2OCCO2)C1. The molecule has 4 rings (SSSR count). The van der Waals surface area contributed by atoms with E-state index < -0.39 is 11.6 Å². The van der Waals surface area contributed by atoms with Crippen LogP contribution < -0.4 is 0 Å². The molecular weight excluding hydrogens is 326 g/mol. The number of imide groups is 1. The van der Waals surface area contributed by atoms with Gasteiger partial charge in [-0.15, -0.1) is 0 Å². The summed E-state index contributed by atoms with van der Waals surface area (Å²) in [4.78, 5) is 25.6. The van der Waals surface area contributed by atoms with Crippen LogP contribution in [0.15, 0.2) is 35.6 Å². The van der Waals surface area contributed by atoms with Crippen molar-refractivity contribution < 1.29 is 28.5 Å². The molecule has 0 radical (unpaired) electrons. The van der Waals surface area contributed by atoms with Crippen LogP contribution in [0.2, 0.25) is 0 Å². The topological polar surface area (TPSA) is 74.3 Å². The van der Waals surface area contributed by atoms with Crippen LogP contribution in [0.4, 0.5) is 4.79 Å². The molecule has 0 aromatic heterocycles. The molecule has 0 aromatic rings. The maximum absolute atomic E-state index is 12.5. The summed E-state index contributed by atoms with van der Waals surface area (Å²) < 4.78 is 21.6. The number of ether oxygens (including phenoxy) is 4. The van der Waals surface area contributed by atoms with Gasteiger partial charge in [-0.05, 0) is 24.5 Å². The Kier molecular flexibility index (Phi) is 4.13. The second-order valence-corrected chi connectivity index (χ2v) is 6.71. The smallest absolute Gasteiger partial charge is 0.417 e. The lowest BCUT2D eigenvalue weighted by Gasteiger charge is -2.26. The zero-order valence-corrected chi connectivity index (χ0v) is 14.1. The highest BCUT2D eigenvalue weighted by molar-refractivity contribution is 6.01. The molecule has 25 heavy (non-hydrogen) atoms. The van der Waals surface area contributed by atoms with Crippen LogP contribution in [0.1, 0.15) is 19.3 Å². The van der Waals surface area contributed by atoms with Gasteiger partial charge in [-0.1, -0.05) is 12.2 Å². The van der Waals surface area contributed by atoms with Crippen LogP contribution in [-0.4, -0.2) is 55.7 Å². The highest BCUT2D eigenvalue weighted by Gasteiger charge is 2.58. The molecule has 0 bridgehead atoms. The molecule has 2 aliphatic carbocycles. The predicted molar refractivity (Wildman–Crippen MR) is 86.3 cm³/mol. The van der Waals surface area contributed by atoms with Gasteiger partial charge in [-0.25, -0.2) is 9.69 Å². The van der Waals surface area contributed by atoms with E-state index in [-0.39, 0.29) is 18.1 Å². The van der Waals surface area contributed by atoms with Crippen molar-refractivity contribution in [2.45, 2.75) is 31.1 Å². The largest absolute Gasteiger partial charge is 0.501 e. The summed E-state index contributed by atoms with van der Waals surface area (Å²) in [6.07, 6.45) is 8.32. The first kappa shape index (κ1) is 16.4. The monoisotopic (exact) mass is 347 g/mol. The van der Waals surface area contributed by atoms with Crippen LogP contribution in [0.3, 0.4) is 0 Å². The van der Waals surface area contributed by atoms with Gasteiger partial charge < -0.3 is 18.9 Å². The number of allylic oxidation sites excluding steroid dienone is 4. The summed E-state index contributed by atoms with van der Waals surface area (Å²) in [7, 11) is 1.63. The van der Waals surface area contributed by atoms with Crippen molar-refractivity contribution in [1.82, 2.24) is 4.90 Å². The summed E-state index contributed by atoms with van der Waals surface area (Å²) in [6, 6.07) is 0. The molecule has 2 amide bonds. The number of rotatable bonds is 4. The van der Waals surface area contributed by atoms with Crippen LogP contribution >= 0.6 is 0 Å². The second kappa shape index (κ2) is 6.31. The van der Waals surface area contributed by atoms with Crippen molar-refractivity contribution in [3.63, 3.8) is 0 Å². The Bertz CT molecular complexity index is 669. The third-order valence-corrected chi connectivity index (χ3v) is 5.14. The van der Waals surface area contributed by atoms with Crippen LogP contribution in [0.5, 0.6) is 0 Å². The Morgan fingerprint density at radius 1 is 1.32 bits per heavy atom. The van der Waals surface area contributed by atoms with Gasteiger partial charge in [0.15, 0.2) is 6.29 Å². The lowest BCUT2D eigenvalue weighted by molar-refractivity contribution is -0.124. The normalized spacial score (nSPS) is 28.3. The van der Waals surface area contributed by atoms with Gasteiger partial charge >= 0.3 is 6.09 Å². The average molecular weight is 347 g/mol. The van der Waals surface area contributed by atoms with E-state index in [1.165, 1.54) is 11.0 Å². The van der Waals surface area contributed by atoms with E-state index in [0.717, 1.165) is 24.2 Å². The molecule has 2 aliphatic heterocycles. The van der Waals surface area contributed by atoms with Crippen LogP contribution in [-0.2, 0) is 23.7 Å². The number of amides is 2. The Balaban J connectivity index is 1.51. The van der Waals surface area contributed by atoms with Crippen LogP contribution in [0, 0.1) is 5.92 Å². The number of carbonyl (C=O) groups excluding carboxylic acids is 2. The molecule has 1 spiro atoms. The average Bonchev–Trinajstić information content (AvgIpc) is 3.05. The minimum atomic E-state index is -0.551. The standard InChI is InChI=1S/C18H21NO6/c1-22-13-4-2-12(14(10-13)16-23-8-9-24-16)3-5-15(20)19-17(21)25-11-18(19)6-7-18/h2-5,14,16H,6-11H2,1H3/b5-3+. The number of hydrogen-bond donors (Lipinski definition) is 0. The van der Waals surface area contributed by atoms with Gasteiger partial charge in [0.05, 0.1) is 31.6 Å². The van der Waals surface area contributed by atoms with Crippen molar-refractivity contribution >= 4 is 12.0 Å².